The highest BCUT2D eigenvalue weighted by molar-refractivity contribution is 5.60. The van der Waals surface area contributed by atoms with Gasteiger partial charge in [0.05, 0.1) is 21.3 Å². The molecule has 1 unspecified atom stereocenters. The van der Waals surface area contributed by atoms with Crippen molar-refractivity contribution in [3.63, 3.8) is 0 Å². The van der Waals surface area contributed by atoms with Gasteiger partial charge in [0.2, 0.25) is 5.75 Å². The highest BCUT2D eigenvalue weighted by Gasteiger charge is 2.26. The standard InChI is InChI=1S/C14H21NO3/c1-5-11-10-8-12(16-2)14(18-4)13(17-3)9(10)6-7-15-11/h8,11,15H,5-7H2,1-4H3. The van der Waals surface area contributed by atoms with E-state index in [0.717, 1.165) is 30.9 Å². The molecule has 0 aliphatic carbocycles. The molecule has 1 N–H and O–H groups in total. The van der Waals surface area contributed by atoms with Crippen molar-refractivity contribution in [2.45, 2.75) is 25.8 Å². The van der Waals surface area contributed by atoms with Crippen LogP contribution in [0.4, 0.5) is 0 Å². The molecule has 0 aromatic heterocycles. The molecule has 100 valence electrons. The third-order valence-electron chi connectivity index (χ3n) is 3.52. The Bertz CT molecular complexity index is 432. The number of rotatable bonds is 4. The molecule has 1 aromatic rings. The first-order chi connectivity index (χ1) is 8.76. The lowest BCUT2D eigenvalue weighted by Crippen LogP contribution is -2.29. The third kappa shape index (κ3) is 2.01. The van der Waals surface area contributed by atoms with E-state index in [0.29, 0.717) is 11.8 Å². The molecule has 1 aromatic carbocycles. The highest BCUT2D eigenvalue weighted by Crippen LogP contribution is 2.45. The summed E-state index contributed by atoms with van der Waals surface area (Å²) >= 11 is 0. The van der Waals surface area contributed by atoms with Crippen LogP contribution in [-0.2, 0) is 6.42 Å². The Hall–Kier alpha value is -1.42. The van der Waals surface area contributed by atoms with Crippen molar-refractivity contribution in [3.8, 4) is 17.2 Å². The van der Waals surface area contributed by atoms with E-state index in [9.17, 15) is 0 Å². The van der Waals surface area contributed by atoms with E-state index in [4.69, 9.17) is 14.2 Å². The van der Waals surface area contributed by atoms with Crippen LogP contribution in [0.3, 0.4) is 0 Å². The maximum atomic E-state index is 5.54. The highest BCUT2D eigenvalue weighted by atomic mass is 16.5. The zero-order valence-electron chi connectivity index (χ0n) is 11.5. The first-order valence-corrected chi connectivity index (χ1v) is 6.31. The van der Waals surface area contributed by atoms with Crippen molar-refractivity contribution in [1.82, 2.24) is 5.32 Å². The van der Waals surface area contributed by atoms with E-state index in [2.05, 4.69) is 18.3 Å². The number of fused-ring (bicyclic) bond motifs is 1. The number of nitrogens with one attached hydrogen (secondary N) is 1. The second-order valence-corrected chi connectivity index (χ2v) is 4.38. The Kier molecular flexibility index (Phi) is 3.97. The summed E-state index contributed by atoms with van der Waals surface area (Å²) in [5.41, 5.74) is 2.50. The van der Waals surface area contributed by atoms with E-state index >= 15 is 0 Å². The van der Waals surface area contributed by atoms with E-state index in [1.54, 1.807) is 21.3 Å². The van der Waals surface area contributed by atoms with Gasteiger partial charge in [-0.1, -0.05) is 6.92 Å². The van der Waals surface area contributed by atoms with Crippen molar-refractivity contribution in [1.29, 1.82) is 0 Å². The van der Waals surface area contributed by atoms with Crippen LogP contribution in [0.5, 0.6) is 17.2 Å². The number of benzene rings is 1. The van der Waals surface area contributed by atoms with Gasteiger partial charge in [-0.3, -0.25) is 0 Å². The molecule has 18 heavy (non-hydrogen) atoms. The topological polar surface area (TPSA) is 39.7 Å². The van der Waals surface area contributed by atoms with Crippen molar-refractivity contribution >= 4 is 0 Å². The Morgan fingerprint density at radius 2 is 1.89 bits per heavy atom. The predicted octanol–water partition coefficient (Wildman–Crippen LogP) is 2.31. The molecule has 0 saturated heterocycles. The predicted molar refractivity (Wildman–Crippen MR) is 70.8 cm³/mol. The fraction of sp³-hybridized carbons (Fsp3) is 0.571. The Morgan fingerprint density at radius 3 is 2.44 bits per heavy atom. The molecule has 0 amide bonds. The quantitative estimate of drug-likeness (QED) is 0.891. The van der Waals surface area contributed by atoms with Gasteiger partial charge in [-0.05, 0) is 31.0 Å². The van der Waals surface area contributed by atoms with Gasteiger partial charge in [0.15, 0.2) is 11.5 Å². The zero-order chi connectivity index (χ0) is 13.1. The van der Waals surface area contributed by atoms with Crippen molar-refractivity contribution < 1.29 is 14.2 Å². The van der Waals surface area contributed by atoms with Crippen molar-refractivity contribution in [3.05, 3.63) is 17.2 Å². The number of hydrogen-bond acceptors (Lipinski definition) is 4. The van der Waals surface area contributed by atoms with Gasteiger partial charge in [-0.2, -0.15) is 0 Å². The average molecular weight is 251 g/mol. The molecular weight excluding hydrogens is 230 g/mol. The molecule has 0 spiro atoms. The van der Waals surface area contributed by atoms with E-state index in [1.807, 2.05) is 0 Å². The van der Waals surface area contributed by atoms with Gasteiger partial charge in [0.25, 0.3) is 0 Å². The SMILES string of the molecule is CCC1NCCc2c1cc(OC)c(OC)c2OC. The van der Waals surface area contributed by atoms with E-state index in [1.165, 1.54) is 11.1 Å². The summed E-state index contributed by atoms with van der Waals surface area (Å²) in [6.45, 7) is 3.15. The van der Waals surface area contributed by atoms with Gasteiger partial charge in [-0.25, -0.2) is 0 Å². The zero-order valence-corrected chi connectivity index (χ0v) is 11.5. The minimum absolute atomic E-state index is 0.363. The van der Waals surface area contributed by atoms with Crippen molar-refractivity contribution in [2.75, 3.05) is 27.9 Å². The van der Waals surface area contributed by atoms with Crippen LogP contribution in [0, 0.1) is 0 Å². The van der Waals surface area contributed by atoms with Gasteiger partial charge in [0, 0.05) is 11.6 Å². The molecule has 1 atom stereocenters. The second-order valence-electron chi connectivity index (χ2n) is 4.38. The fourth-order valence-electron chi connectivity index (χ4n) is 2.65. The molecule has 0 radical (unpaired) electrons. The lowest BCUT2D eigenvalue weighted by Gasteiger charge is -2.29. The molecule has 4 nitrogen and oxygen atoms in total. The molecule has 0 fully saturated rings. The molecule has 2 rings (SSSR count). The summed E-state index contributed by atoms with van der Waals surface area (Å²) in [6, 6.07) is 2.43. The van der Waals surface area contributed by atoms with Gasteiger partial charge >= 0.3 is 0 Å². The minimum Gasteiger partial charge on any atom is -0.493 e. The molecule has 1 aliphatic heterocycles. The van der Waals surface area contributed by atoms with Gasteiger partial charge < -0.3 is 19.5 Å². The second kappa shape index (κ2) is 5.48. The molecule has 1 heterocycles. The summed E-state index contributed by atoms with van der Waals surface area (Å²) in [5, 5.41) is 3.51. The van der Waals surface area contributed by atoms with Gasteiger partial charge in [0.1, 0.15) is 0 Å². The molecule has 1 aliphatic rings. The minimum atomic E-state index is 0.363. The van der Waals surface area contributed by atoms with E-state index < -0.39 is 0 Å². The fourth-order valence-corrected chi connectivity index (χ4v) is 2.65. The van der Waals surface area contributed by atoms with Crippen molar-refractivity contribution in [2.24, 2.45) is 0 Å². The van der Waals surface area contributed by atoms with E-state index in [-0.39, 0.29) is 0 Å². The summed E-state index contributed by atoms with van der Waals surface area (Å²) in [5.74, 6) is 2.23. The first-order valence-electron chi connectivity index (χ1n) is 6.31. The maximum Gasteiger partial charge on any atom is 0.203 e. The van der Waals surface area contributed by atoms with Crippen LogP contribution in [0.15, 0.2) is 6.07 Å². The Morgan fingerprint density at radius 1 is 1.17 bits per heavy atom. The molecule has 0 saturated carbocycles. The summed E-state index contributed by atoms with van der Waals surface area (Å²) in [4.78, 5) is 0. The van der Waals surface area contributed by atoms with Gasteiger partial charge in [-0.15, -0.1) is 0 Å². The molecular formula is C14H21NO3. The van der Waals surface area contributed by atoms with Crippen LogP contribution in [0.1, 0.15) is 30.5 Å². The third-order valence-corrected chi connectivity index (χ3v) is 3.52. The summed E-state index contributed by atoms with van der Waals surface area (Å²) < 4.78 is 16.4. The number of hydrogen-bond donors (Lipinski definition) is 1. The average Bonchev–Trinajstić information content (AvgIpc) is 2.44. The summed E-state index contributed by atoms with van der Waals surface area (Å²) in [7, 11) is 4.98. The first kappa shape index (κ1) is 13.0. The Labute approximate surface area is 108 Å². The number of ether oxygens (including phenoxy) is 3. The van der Waals surface area contributed by atoms with Crippen LogP contribution < -0.4 is 19.5 Å². The largest absolute Gasteiger partial charge is 0.493 e. The number of methoxy groups -OCH3 is 3. The Balaban J connectivity index is 2.62. The van der Waals surface area contributed by atoms with Crippen LogP contribution >= 0.6 is 0 Å². The van der Waals surface area contributed by atoms with Crippen LogP contribution in [-0.4, -0.2) is 27.9 Å². The normalized spacial score (nSPS) is 18.1. The lowest BCUT2D eigenvalue weighted by atomic mass is 9.91. The van der Waals surface area contributed by atoms with Crippen LogP contribution in [0.25, 0.3) is 0 Å². The summed E-state index contributed by atoms with van der Waals surface area (Å²) in [6.07, 6.45) is 2.00. The maximum absolute atomic E-state index is 5.54. The lowest BCUT2D eigenvalue weighted by molar-refractivity contribution is 0.318. The van der Waals surface area contributed by atoms with Crippen LogP contribution in [0.2, 0.25) is 0 Å². The smallest absolute Gasteiger partial charge is 0.203 e. The molecule has 0 bridgehead atoms. The molecule has 4 heteroatoms. The monoisotopic (exact) mass is 251 g/mol.